The molecule has 2 aliphatic rings. The third kappa shape index (κ3) is 2.28. The molecule has 4 rings (SSSR count). The molecular formula is C14H18ClN5O. The fourth-order valence-corrected chi connectivity index (χ4v) is 3.27. The molecule has 0 spiro atoms. The molecule has 112 valence electrons. The first kappa shape index (κ1) is 14.3. The van der Waals surface area contributed by atoms with Gasteiger partial charge in [0, 0.05) is 37.9 Å². The zero-order valence-electron chi connectivity index (χ0n) is 11.9. The summed E-state index contributed by atoms with van der Waals surface area (Å²) in [4.78, 5) is 21.5. The van der Waals surface area contributed by atoms with Crippen LogP contribution in [-0.2, 0) is 0 Å². The first-order chi connectivity index (χ1) is 9.72. The van der Waals surface area contributed by atoms with Crippen LogP contribution in [0, 0.1) is 6.92 Å². The molecule has 0 radical (unpaired) electrons. The van der Waals surface area contributed by atoms with Crippen LogP contribution in [0.2, 0.25) is 0 Å². The lowest BCUT2D eigenvalue weighted by atomic mass is 10.1. The van der Waals surface area contributed by atoms with Gasteiger partial charge in [-0.1, -0.05) is 0 Å². The monoisotopic (exact) mass is 307 g/mol. The first-order valence-electron chi connectivity index (χ1n) is 7.07. The van der Waals surface area contributed by atoms with Gasteiger partial charge in [0.25, 0.3) is 5.91 Å². The standard InChI is InChI=1S/C14H17N5O.ClH/c1-9-2-3-11-12(16-17-13(11)15-9)14(20)19-7-6-18-5-4-10(19)8-18;/h2-3,10H,4-8H2,1H3,(H,15,16,17);1H. The van der Waals surface area contributed by atoms with Gasteiger partial charge in [-0.3, -0.25) is 14.8 Å². The Morgan fingerprint density at radius 3 is 3.05 bits per heavy atom. The molecule has 21 heavy (non-hydrogen) atoms. The maximum atomic E-state index is 12.8. The molecule has 2 atom stereocenters. The lowest BCUT2D eigenvalue weighted by Crippen LogP contribution is -2.49. The van der Waals surface area contributed by atoms with Crippen molar-refractivity contribution in [2.75, 3.05) is 26.2 Å². The van der Waals surface area contributed by atoms with Gasteiger partial charge in [0.15, 0.2) is 5.65 Å². The van der Waals surface area contributed by atoms with E-state index in [-0.39, 0.29) is 18.3 Å². The predicted molar refractivity (Wildman–Crippen MR) is 81.8 cm³/mol. The van der Waals surface area contributed by atoms with Crippen molar-refractivity contribution in [2.24, 2.45) is 0 Å². The average Bonchev–Trinajstić information content (AvgIpc) is 3.02. The normalized spacial score (nSPS) is 24.1. The fraction of sp³-hybridized carbons (Fsp3) is 0.500. The van der Waals surface area contributed by atoms with Crippen LogP contribution in [0.1, 0.15) is 22.6 Å². The van der Waals surface area contributed by atoms with Crippen molar-refractivity contribution in [2.45, 2.75) is 19.4 Å². The number of piperazine rings is 1. The molecular weight excluding hydrogens is 290 g/mol. The largest absolute Gasteiger partial charge is 0.332 e. The van der Waals surface area contributed by atoms with Gasteiger partial charge in [0.05, 0.1) is 5.39 Å². The second kappa shape index (κ2) is 5.27. The molecule has 0 aliphatic carbocycles. The Hall–Kier alpha value is -1.66. The number of nitrogens with zero attached hydrogens (tertiary/aromatic N) is 4. The van der Waals surface area contributed by atoms with Gasteiger partial charge in [-0.25, -0.2) is 4.98 Å². The molecule has 2 bridgehead atoms. The number of H-pyrrole nitrogens is 1. The Kier molecular flexibility index (Phi) is 3.59. The number of halogens is 1. The van der Waals surface area contributed by atoms with E-state index in [4.69, 9.17) is 0 Å². The van der Waals surface area contributed by atoms with E-state index in [1.807, 2.05) is 24.0 Å². The first-order valence-corrected chi connectivity index (χ1v) is 7.07. The smallest absolute Gasteiger partial charge is 0.272 e. The van der Waals surface area contributed by atoms with Crippen LogP contribution in [0.5, 0.6) is 0 Å². The van der Waals surface area contributed by atoms with Crippen molar-refractivity contribution in [1.82, 2.24) is 25.0 Å². The van der Waals surface area contributed by atoms with E-state index in [0.717, 1.165) is 43.7 Å². The highest BCUT2D eigenvalue weighted by Gasteiger charge is 2.36. The van der Waals surface area contributed by atoms with Gasteiger partial charge in [-0.05, 0) is 25.5 Å². The highest BCUT2D eigenvalue weighted by molar-refractivity contribution is 6.04. The van der Waals surface area contributed by atoms with E-state index < -0.39 is 0 Å². The Morgan fingerprint density at radius 1 is 1.33 bits per heavy atom. The van der Waals surface area contributed by atoms with Gasteiger partial charge < -0.3 is 4.90 Å². The van der Waals surface area contributed by atoms with Crippen molar-refractivity contribution < 1.29 is 4.79 Å². The van der Waals surface area contributed by atoms with Crippen molar-refractivity contribution in [3.63, 3.8) is 0 Å². The second-order valence-electron chi connectivity index (χ2n) is 5.66. The van der Waals surface area contributed by atoms with Gasteiger partial charge in [0.2, 0.25) is 0 Å². The number of amides is 1. The third-order valence-corrected chi connectivity index (χ3v) is 4.38. The van der Waals surface area contributed by atoms with Gasteiger partial charge in [-0.2, -0.15) is 5.10 Å². The number of pyridine rings is 1. The summed E-state index contributed by atoms with van der Waals surface area (Å²) in [6, 6.07) is 4.20. The van der Waals surface area contributed by atoms with Crippen LogP contribution in [0.3, 0.4) is 0 Å². The summed E-state index contributed by atoms with van der Waals surface area (Å²) in [6.07, 6.45) is 1.08. The van der Waals surface area contributed by atoms with Crippen LogP contribution in [0.25, 0.3) is 11.0 Å². The number of aromatic nitrogens is 3. The summed E-state index contributed by atoms with van der Waals surface area (Å²) >= 11 is 0. The zero-order chi connectivity index (χ0) is 13.7. The Morgan fingerprint density at radius 2 is 2.19 bits per heavy atom. The fourth-order valence-electron chi connectivity index (χ4n) is 3.27. The molecule has 0 saturated carbocycles. The minimum absolute atomic E-state index is 0. The molecule has 4 heterocycles. The van der Waals surface area contributed by atoms with Crippen molar-refractivity contribution in [3.8, 4) is 0 Å². The minimum Gasteiger partial charge on any atom is -0.332 e. The van der Waals surface area contributed by atoms with Crippen molar-refractivity contribution in [3.05, 3.63) is 23.5 Å². The number of rotatable bonds is 1. The Bertz CT molecular complexity index is 685. The third-order valence-electron chi connectivity index (χ3n) is 4.38. The highest BCUT2D eigenvalue weighted by Crippen LogP contribution is 2.24. The van der Waals surface area contributed by atoms with E-state index in [1.165, 1.54) is 0 Å². The number of carbonyl (C=O) groups excluding carboxylic acids is 1. The molecule has 1 N–H and O–H groups in total. The summed E-state index contributed by atoms with van der Waals surface area (Å²) in [5, 5.41) is 7.86. The predicted octanol–water partition coefficient (Wildman–Crippen LogP) is 1.22. The van der Waals surface area contributed by atoms with Gasteiger partial charge >= 0.3 is 0 Å². The zero-order valence-corrected chi connectivity index (χ0v) is 12.7. The number of aryl methyl sites for hydroxylation is 1. The summed E-state index contributed by atoms with van der Waals surface area (Å²) in [7, 11) is 0. The van der Waals surface area contributed by atoms with E-state index >= 15 is 0 Å². The maximum absolute atomic E-state index is 12.8. The Labute approximate surface area is 128 Å². The average molecular weight is 308 g/mol. The van der Waals surface area contributed by atoms with Crippen molar-refractivity contribution >= 4 is 29.3 Å². The van der Waals surface area contributed by atoms with Crippen LogP contribution in [0.15, 0.2) is 12.1 Å². The van der Waals surface area contributed by atoms with Gasteiger partial charge in [0.1, 0.15) is 5.69 Å². The van der Waals surface area contributed by atoms with E-state index in [9.17, 15) is 4.79 Å². The SMILES string of the molecule is Cc1ccc2c(C(=O)N3CCN4CCC3C4)[nH]nc2n1.Cl. The molecule has 2 aliphatic heterocycles. The minimum atomic E-state index is 0. The molecule has 1 amide bonds. The molecule has 2 fully saturated rings. The van der Waals surface area contributed by atoms with E-state index in [0.29, 0.717) is 17.4 Å². The van der Waals surface area contributed by atoms with Crippen LogP contribution in [0.4, 0.5) is 0 Å². The van der Waals surface area contributed by atoms with Gasteiger partial charge in [-0.15, -0.1) is 12.4 Å². The second-order valence-corrected chi connectivity index (χ2v) is 5.66. The highest BCUT2D eigenvalue weighted by atomic mass is 35.5. The number of nitrogens with one attached hydrogen (secondary N) is 1. The van der Waals surface area contributed by atoms with Crippen LogP contribution < -0.4 is 0 Å². The number of hydrogen-bond acceptors (Lipinski definition) is 4. The Balaban J connectivity index is 0.00000132. The molecule has 7 heteroatoms. The molecule has 2 aromatic rings. The molecule has 6 nitrogen and oxygen atoms in total. The quantitative estimate of drug-likeness (QED) is 0.860. The van der Waals surface area contributed by atoms with E-state index in [2.05, 4.69) is 20.1 Å². The lowest BCUT2D eigenvalue weighted by Gasteiger charge is -2.34. The number of hydrogen-bond donors (Lipinski definition) is 1. The number of fused-ring (bicyclic) bond motifs is 3. The lowest BCUT2D eigenvalue weighted by molar-refractivity contribution is 0.0605. The van der Waals surface area contributed by atoms with Crippen LogP contribution >= 0.6 is 12.4 Å². The van der Waals surface area contributed by atoms with Crippen LogP contribution in [-0.4, -0.2) is 63.1 Å². The van der Waals surface area contributed by atoms with E-state index in [1.54, 1.807) is 0 Å². The number of aromatic amines is 1. The molecule has 0 aromatic carbocycles. The summed E-state index contributed by atoms with van der Waals surface area (Å²) < 4.78 is 0. The summed E-state index contributed by atoms with van der Waals surface area (Å²) in [5.74, 6) is 0.0599. The molecule has 2 unspecified atom stereocenters. The molecule has 2 aromatic heterocycles. The summed E-state index contributed by atoms with van der Waals surface area (Å²) in [5.41, 5.74) is 2.11. The topological polar surface area (TPSA) is 65.1 Å². The summed E-state index contributed by atoms with van der Waals surface area (Å²) in [6.45, 7) is 5.83. The van der Waals surface area contributed by atoms with Crippen molar-refractivity contribution in [1.29, 1.82) is 0 Å². The number of carbonyl (C=O) groups is 1. The maximum Gasteiger partial charge on any atom is 0.272 e. The molecule has 2 saturated heterocycles.